The highest BCUT2D eigenvalue weighted by atomic mass is 16.3. The third-order valence-corrected chi connectivity index (χ3v) is 26.4. The Balaban J connectivity index is 0.000000136. The van der Waals surface area contributed by atoms with Gasteiger partial charge >= 0.3 is 0 Å². The SMILES string of the molecule is c1ccc(C2(c3ccccc3)c3cc(-c4ccc(-c5cccc6c5oc5ccccc56)cc4)ccc3-c3ccc(-c4cnc5c6ccccc6c6ccccc6c5n4)cc32)cc1.c1ccc(C2(c3ccccc3)c3cc(-c4cccc(-c5cccc6c5oc5ccccc56)c4)ccc3-c3ccc(-c4cnc5c6ccccc6c6ccccc6c5n4)cc32)cc1. The van der Waals surface area contributed by atoms with Crippen molar-refractivity contribution >= 4 is 109 Å². The third kappa shape index (κ3) is 10.8. The van der Waals surface area contributed by atoms with Gasteiger partial charge in [0.1, 0.15) is 22.3 Å². The number of hydrogen-bond acceptors (Lipinski definition) is 6. The van der Waals surface area contributed by atoms with Crippen molar-refractivity contribution in [1.29, 1.82) is 0 Å². The molecule has 24 aromatic rings. The molecule has 576 valence electrons. The van der Waals surface area contributed by atoms with Gasteiger partial charge in [-0.1, -0.05) is 382 Å². The van der Waals surface area contributed by atoms with E-state index in [9.17, 15) is 0 Å². The molecule has 0 saturated carbocycles. The summed E-state index contributed by atoms with van der Waals surface area (Å²) in [4.78, 5) is 21.2. The zero-order chi connectivity index (χ0) is 81.6. The fourth-order valence-corrected chi connectivity index (χ4v) is 20.8. The summed E-state index contributed by atoms with van der Waals surface area (Å²) in [5, 5.41) is 13.8. The minimum Gasteiger partial charge on any atom is -0.455 e. The Hall–Kier alpha value is -16.3. The molecule has 2 aliphatic carbocycles. The summed E-state index contributed by atoms with van der Waals surface area (Å²) in [6.07, 6.45) is 3.91. The lowest BCUT2D eigenvalue weighted by Crippen LogP contribution is -2.28. The fraction of sp³-hybridized carbons (Fsp3) is 0.0169. The zero-order valence-electron chi connectivity index (χ0n) is 67.2. The largest absolute Gasteiger partial charge is 0.455 e. The van der Waals surface area contributed by atoms with Crippen LogP contribution in [0, 0.1) is 0 Å². The van der Waals surface area contributed by atoms with Gasteiger partial charge in [0.25, 0.3) is 0 Å². The van der Waals surface area contributed by atoms with Crippen LogP contribution in [0.2, 0.25) is 0 Å². The molecule has 0 bridgehead atoms. The molecule has 0 spiro atoms. The van der Waals surface area contributed by atoms with Gasteiger partial charge in [0.2, 0.25) is 0 Å². The number of nitrogens with zero attached hydrogens (tertiary/aromatic N) is 4. The van der Waals surface area contributed by atoms with Crippen molar-refractivity contribution in [2.45, 2.75) is 10.8 Å². The highest BCUT2D eigenvalue weighted by Gasteiger charge is 2.48. The molecule has 6 heteroatoms. The minimum absolute atomic E-state index is 0.594. The molecule has 0 amide bonds. The Kier molecular flexibility index (Phi) is 16.1. The molecule has 0 saturated heterocycles. The van der Waals surface area contributed by atoms with Crippen LogP contribution in [0.25, 0.3) is 198 Å². The van der Waals surface area contributed by atoms with Crippen LogP contribution in [0.3, 0.4) is 0 Å². The van der Waals surface area contributed by atoms with E-state index in [0.717, 1.165) is 149 Å². The number of rotatable bonds is 10. The zero-order valence-corrected chi connectivity index (χ0v) is 67.2. The van der Waals surface area contributed by atoms with Gasteiger partial charge in [-0.15, -0.1) is 0 Å². The molecular formula is C118H72N4O2. The van der Waals surface area contributed by atoms with Gasteiger partial charge in [-0.2, -0.15) is 0 Å². The van der Waals surface area contributed by atoms with E-state index in [0.29, 0.717) is 0 Å². The molecular weight excluding hydrogens is 1510 g/mol. The standard InChI is InChI=1S/2C59H36N2O/c1-3-17-41(18-4-1)59(42-19-5-2-6-20-42)52-34-38(37-15-13-16-39(33-37)43-26-14-27-51-48-23-11-12-28-55(48)62-58(43)51)29-31-46(52)47-32-30-40(35-53(47)59)54-36-60-56-49-24-9-7-21-44(49)45-22-8-10-25-50(45)57(56)61-54;1-3-14-41(15-4-1)59(42-16-5-2-6-17-42)52-34-39(37-26-28-38(29-27-37)43-23-13-24-51-48-20-11-12-25-55(48)62-58(43)51)30-32-46(52)47-33-31-40(35-53(47)59)54-36-60-56-49-21-9-7-18-44(49)45-19-8-10-22-50(45)57(56)61-54/h2*1-36H. The normalized spacial score (nSPS) is 13.0. The summed E-state index contributed by atoms with van der Waals surface area (Å²) in [5.74, 6) is 0. The van der Waals surface area contributed by atoms with Crippen molar-refractivity contribution < 1.29 is 8.83 Å². The van der Waals surface area contributed by atoms with Crippen LogP contribution in [-0.4, -0.2) is 19.9 Å². The van der Waals surface area contributed by atoms with Gasteiger partial charge in [0, 0.05) is 65.3 Å². The van der Waals surface area contributed by atoms with E-state index in [1.807, 2.05) is 36.7 Å². The van der Waals surface area contributed by atoms with Gasteiger partial charge in [-0.3, -0.25) is 9.97 Å². The molecule has 124 heavy (non-hydrogen) atoms. The van der Waals surface area contributed by atoms with Crippen LogP contribution in [0.4, 0.5) is 0 Å². The molecule has 6 nitrogen and oxygen atoms in total. The molecule has 20 aromatic carbocycles. The quantitative estimate of drug-likeness (QED) is 0.127. The molecule has 4 heterocycles. The first-order chi connectivity index (χ1) is 61.5. The van der Waals surface area contributed by atoms with Gasteiger partial charge in [0.15, 0.2) is 0 Å². The summed E-state index contributed by atoms with van der Waals surface area (Å²) in [5.41, 5.74) is 33.7. The summed E-state index contributed by atoms with van der Waals surface area (Å²) >= 11 is 0. The Bertz CT molecular complexity index is 8340. The number of benzene rings is 20. The van der Waals surface area contributed by atoms with Crippen molar-refractivity contribution in [1.82, 2.24) is 19.9 Å². The predicted molar refractivity (Wildman–Crippen MR) is 511 cm³/mol. The molecule has 0 atom stereocenters. The monoisotopic (exact) mass is 1580 g/mol. The second-order valence-electron chi connectivity index (χ2n) is 32.8. The number of hydrogen-bond donors (Lipinski definition) is 0. The van der Waals surface area contributed by atoms with E-state index in [-0.39, 0.29) is 0 Å². The van der Waals surface area contributed by atoms with Crippen molar-refractivity contribution in [3.63, 3.8) is 0 Å². The van der Waals surface area contributed by atoms with Gasteiger partial charge in [-0.25, -0.2) is 9.97 Å². The second-order valence-corrected chi connectivity index (χ2v) is 32.8. The van der Waals surface area contributed by atoms with Gasteiger partial charge < -0.3 is 8.83 Å². The summed E-state index contributed by atoms with van der Waals surface area (Å²) in [7, 11) is 0. The van der Waals surface area contributed by atoms with Gasteiger partial charge in [-0.05, 0) is 164 Å². The summed E-state index contributed by atoms with van der Waals surface area (Å²) in [6.45, 7) is 0. The average molecular weight is 1580 g/mol. The van der Waals surface area contributed by atoms with E-state index < -0.39 is 10.8 Å². The van der Waals surface area contributed by atoms with Crippen molar-refractivity contribution in [2.75, 3.05) is 0 Å². The average Bonchev–Trinajstić information content (AvgIpc) is 1.53. The first-order valence-corrected chi connectivity index (χ1v) is 42.4. The molecule has 0 radical (unpaired) electrons. The Morgan fingerprint density at radius 3 is 0.863 bits per heavy atom. The number of furan rings is 2. The Labute approximate surface area is 714 Å². The van der Waals surface area contributed by atoms with E-state index in [1.165, 1.54) is 93.9 Å². The summed E-state index contributed by atoms with van der Waals surface area (Å²) in [6, 6.07) is 153. The van der Waals surface area contributed by atoms with E-state index in [1.54, 1.807) is 0 Å². The lowest BCUT2D eigenvalue weighted by Gasteiger charge is -2.34. The predicted octanol–water partition coefficient (Wildman–Crippen LogP) is 30.4. The van der Waals surface area contributed by atoms with Gasteiger partial charge in [0.05, 0.1) is 56.7 Å². The maximum atomic E-state index is 6.50. The lowest BCUT2D eigenvalue weighted by atomic mass is 9.67. The van der Waals surface area contributed by atoms with Crippen molar-refractivity contribution in [3.05, 3.63) is 482 Å². The molecule has 26 rings (SSSR count). The molecule has 2 aliphatic rings. The summed E-state index contributed by atoms with van der Waals surface area (Å²) < 4.78 is 12.9. The third-order valence-electron chi connectivity index (χ3n) is 26.4. The minimum atomic E-state index is -0.607. The van der Waals surface area contributed by atoms with Crippen LogP contribution in [-0.2, 0) is 10.8 Å². The highest BCUT2D eigenvalue weighted by Crippen LogP contribution is 2.60. The Morgan fingerprint density at radius 1 is 0.177 bits per heavy atom. The molecule has 4 aromatic heterocycles. The van der Waals surface area contributed by atoms with Crippen molar-refractivity contribution in [2.24, 2.45) is 0 Å². The van der Waals surface area contributed by atoms with E-state index in [4.69, 9.17) is 28.8 Å². The maximum absolute atomic E-state index is 6.50. The van der Waals surface area contributed by atoms with Crippen LogP contribution < -0.4 is 0 Å². The second kappa shape index (κ2) is 28.2. The Morgan fingerprint density at radius 2 is 0.460 bits per heavy atom. The molecule has 0 aliphatic heterocycles. The highest BCUT2D eigenvalue weighted by molar-refractivity contribution is 6.25. The smallest absolute Gasteiger partial charge is 0.143 e. The molecule has 0 unspecified atom stereocenters. The number of aromatic nitrogens is 4. The topological polar surface area (TPSA) is 77.8 Å². The maximum Gasteiger partial charge on any atom is 0.143 e. The fourth-order valence-electron chi connectivity index (χ4n) is 20.8. The van der Waals surface area contributed by atoms with Crippen LogP contribution in [0.15, 0.2) is 446 Å². The van der Waals surface area contributed by atoms with E-state index >= 15 is 0 Å². The van der Waals surface area contributed by atoms with Crippen LogP contribution in [0.1, 0.15) is 44.5 Å². The van der Waals surface area contributed by atoms with Crippen molar-refractivity contribution in [3.8, 4) is 89.3 Å². The molecule has 0 fully saturated rings. The lowest BCUT2D eigenvalue weighted by molar-refractivity contribution is 0.669. The first-order valence-electron chi connectivity index (χ1n) is 42.4. The first kappa shape index (κ1) is 70.7. The van der Waals surface area contributed by atoms with Crippen LogP contribution in [0.5, 0.6) is 0 Å². The number of fused-ring (bicyclic) bond motifs is 24. The molecule has 0 N–H and O–H groups in total. The number of para-hydroxylation sites is 4. The van der Waals surface area contributed by atoms with E-state index in [2.05, 4.69) is 400 Å². The van der Waals surface area contributed by atoms with Crippen LogP contribution >= 0.6 is 0 Å².